The number of piperazine rings is 1. The largest absolute Gasteiger partial charge is 0.311 e. The minimum atomic E-state index is 0.658. The average molecular weight is 311 g/mol. The van der Waals surface area contributed by atoms with Crippen LogP contribution >= 0.6 is 15.9 Å². The van der Waals surface area contributed by atoms with Crippen LogP contribution in [-0.2, 0) is 6.54 Å². The Morgan fingerprint density at radius 1 is 1.44 bits per heavy atom. The summed E-state index contributed by atoms with van der Waals surface area (Å²) in [4.78, 5) is 2.56. The summed E-state index contributed by atoms with van der Waals surface area (Å²) in [5, 5.41) is 3.63. The summed E-state index contributed by atoms with van der Waals surface area (Å²) in [7, 11) is 0. The molecular formula is C15H23BrN2. The lowest BCUT2D eigenvalue weighted by Crippen LogP contribution is -2.50. The van der Waals surface area contributed by atoms with Crippen molar-refractivity contribution in [3.05, 3.63) is 34.3 Å². The van der Waals surface area contributed by atoms with E-state index in [0.717, 1.165) is 25.6 Å². The van der Waals surface area contributed by atoms with Gasteiger partial charge in [-0.05, 0) is 30.0 Å². The van der Waals surface area contributed by atoms with Gasteiger partial charge in [0.15, 0.2) is 0 Å². The van der Waals surface area contributed by atoms with Crippen molar-refractivity contribution in [2.24, 2.45) is 5.92 Å². The Morgan fingerprint density at radius 2 is 2.28 bits per heavy atom. The molecule has 0 aliphatic carbocycles. The number of benzene rings is 1. The number of hydrogen-bond donors (Lipinski definition) is 1. The Labute approximate surface area is 119 Å². The Hall–Kier alpha value is -0.380. The Kier molecular flexibility index (Phi) is 5.22. The SMILES string of the molecule is CC(C)CC1CN(Cc2cccc(Br)c2)CCN1. The Morgan fingerprint density at radius 3 is 3.00 bits per heavy atom. The molecule has 0 bridgehead atoms. The van der Waals surface area contributed by atoms with Gasteiger partial charge in [-0.3, -0.25) is 4.90 Å². The molecule has 0 aromatic heterocycles. The van der Waals surface area contributed by atoms with Gasteiger partial charge in [0, 0.05) is 36.7 Å². The van der Waals surface area contributed by atoms with Gasteiger partial charge in [0.05, 0.1) is 0 Å². The van der Waals surface area contributed by atoms with E-state index in [1.165, 1.54) is 23.0 Å². The van der Waals surface area contributed by atoms with Crippen LogP contribution in [0.3, 0.4) is 0 Å². The van der Waals surface area contributed by atoms with E-state index in [4.69, 9.17) is 0 Å². The molecule has 0 spiro atoms. The molecule has 1 heterocycles. The van der Waals surface area contributed by atoms with Crippen molar-refractivity contribution in [3.63, 3.8) is 0 Å². The van der Waals surface area contributed by atoms with E-state index < -0.39 is 0 Å². The molecular weight excluding hydrogens is 288 g/mol. The third kappa shape index (κ3) is 4.38. The van der Waals surface area contributed by atoms with Crippen molar-refractivity contribution >= 4 is 15.9 Å². The van der Waals surface area contributed by atoms with Gasteiger partial charge < -0.3 is 5.32 Å². The standard InChI is InChI=1S/C15H23BrN2/c1-12(2)8-15-11-18(7-6-17-15)10-13-4-3-5-14(16)9-13/h3-5,9,12,15,17H,6-8,10-11H2,1-2H3. The first-order chi connectivity index (χ1) is 8.63. The van der Waals surface area contributed by atoms with Crippen molar-refractivity contribution in [1.82, 2.24) is 10.2 Å². The highest BCUT2D eigenvalue weighted by atomic mass is 79.9. The predicted octanol–water partition coefficient (Wildman–Crippen LogP) is 3.27. The summed E-state index contributed by atoms with van der Waals surface area (Å²) < 4.78 is 1.17. The predicted molar refractivity (Wildman–Crippen MR) is 80.7 cm³/mol. The number of hydrogen-bond acceptors (Lipinski definition) is 2. The zero-order chi connectivity index (χ0) is 13.0. The van der Waals surface area contributed by atoms with E-state index in [9.17, 15) is 0 Å². The quantitative estimate of drug-likeness (QED) is 0.918. The minimum Gasteiger partial charge on any atom is -0.311 e. The molecule has 1 unspecified atom stereocenters. The molecule has 2 nitrogen and oxygen atoms in total. The number of rotatable bonds is 4. The molecule has 0 saturated carbocycles. The zero-order valence-corrected chi connectivity index (χ0v) is 12.9. The monoisotopic (exact) mass is 310 g/mol. The lowest BCUT2D eigenvalue weighted by Gasteiger charge is -2.34. The fourth-order valence-corrected chi connectivity index (χ4v) is 3.10. The van der Waals surface area contributed by atoms with Crippen molar-refractivity contribution in [1.29, 1.82) is 0 Å². The molecule has 1 aliphatic heterocycles. The van der Waals surface area contributed by atoms with Crippen molar-refractivity contribution in [2.45, 2.75) is 32.9 Å². The highest BCUT2D eigenvalue weighted by molar-refractivity contribution is 9.10. The summed E-state index contributed by atoms with van der Waals surface area (Å²) in [5.41, 5.74) is 1.40. The highest BCUT2D eigenvalue weighted by Gasteiger charge is 2.19. The van der Waals surface area contributed by atoms with E-state index in [2.05, 4.69) is 64.3 Å². The van der Waals surface area contributed by atoms with Gasteiger partial charge in [0.25, 0.3) is 0 Å². The summed E-state index contributed by atoms with van der Waals surface area (Å²) in [5.74, 6) is 0.772. The van der Waals surface area contributed by atoms with E-state index in [1.54, 1.807) is 0 Å². The molecule has 1 N–H and O–H groups in total. The molecule has 0 amide bonds. The van der Waals surface area contributed by atoms with Crippen LogP contribution in [-0.4, -0.2) is 30.6 Å². The van der Waals surface area contributed by atoms with Gasteiger partial charge in [0.2, 0.25) is 0 Å². The number of nitrogens with one attached hydrogen (secondary N) is 1. The molecule has 1 aromatic rings. The summed E-state index contributed by atoms with van der Waals surface area (Å²) in [6, 6.07) is 9.30. The second-order valence-corrected chi connectivity index (χ2v) is 6.56. The lowest BCUT2D eigenvalue weighted by atomic mass is 10.0. The topological polar surface area (TPSA) is 15.3 Å². The second kappa shape index (κ2) is 6.69. The van der Waals surface area contributed by atoms with Crippen LogP contribution in [0.4, 0.5) is 0 Å². The highest BCUT2D eigenvalue weighted by Crippen LogP contribution is 2.15. The molecule has 1 aliphatic rings. The van der Waals surface area contributed by atoms with E-state index in [-0.39, 0.29) is 0 Å². The molecule has 1 fully saturated rings. The maximum absolute atomic E-state index is 3.63. The minimum absolute atomic E-state index is 0.658. The van der Waals surface area contributed by atoms with E-state index in [1.807, 2.05) is 0 Å². The van der Waals surface area contributed by atoms with Gasteiger partial charge in [-0.2, -0.15) is 0 Å². The molecule has 1 aromatic carbocycles. The molecule has 18 heavy (non-hydrogen) atoms. The summed E-state index contributed by atoms with van der Waals surface area (Å²) in [6.45, 7) is 9.11. The fraction of sp³-hybridized carbons (Fsp3) is 0.600. The van der Waals surface area contributed by atoms with E-state index >= 15 is 0 Å². The fourth-order valence-electron chi connectivity index (χ4n) is 2.66. The van der Waals surface area contributed by atoms with Crippen LogP contribution in [0.25, 0.3) is 0 Å². The summed E-state index contributed by atoms with van der Waals surface area (Å²) in [6.07, 6.45) is 1.27. The van der Waals surface area contributed by atoms with Gasteiger partial charge in [0.1, 0.15) is 0 Å². The molecule has 1 saturated heterocycles. The van der Waals surface area contributed by atoms with Crippen LogP contribution in [0.2, 0.25) is 0 Å². The Bertz CT molecular complexity index is 379. The molecule has 0 radical (unpaired) electrons. The first-order valence-corrected chi connectivity index (χ1v) is 7.63. The maximum atomic E-state index is 3.63. The van der Waals surface area contributed by atoms with Crippen LogP contribution in [0.5, 0.6) is 0 Å². The Balaban J connectivity index is 1.89. The first kappa shape index (κ1) is 14.0. The molecule has 3 heteroatoms. The van der Waals surface area contributed by atoms with Gasteiger partial charge in [-0.1, -0.05) is 41.9 Å². The summed E-state index contributed by atoms with van der Waals surface area (Å²) >= 11 is 3.54. The van der Waals surface area contributed by atoms with Crippen molar-refractivity contribution < 1.29 is 0 Å². The third-order valence-electron chi connectivity index (χ3n) is 3.39. The maximum Gasteiger partial charge on any atom is 0.0235 e. The lowest BCUT2D eigenvalue weighted by molar-refractivity contribution is 0.179. The second-order valence-electron chi connectivity index (χ2n) is 5.65. The van der Waals surface area contributed by atoms with E-state index in [0.29, 0.717) is 6.04 Å². The zero-order valence-electron chi connectivity index (χ0n) is 11.3. The normalized spacial score (nSPS) is 21.4. The molecule has 100 valence electrons. The molecule has 1 atom stereocenters. The van der Waals surface area contributed by atoms with Crippen LogP contribution < -0.4 is 5.32 Å². The molecule has 2 rings (SSSR count). The van der Waals surface area contributed by atoms with Crippen molar-refractivity contribution in [2.75, 3.05) is 19.6 Å². The smallest absolute Gasteiger partial charge is 0.0235 e. The number of nitrogens with zero attached hydrogens (tertiary/aromatic N) is 1. The van der Waals surface area contributed by atoms with Gasteiger partial charge in [-0.25, -0.2) is 0 Å². The first-order valence-electron chi connectivity index (χ1n) is 6.83. The number of halogens is 1. The van der Waals surface area contributed by atoms with Gasteiger partial charge in [-0.15, -0.1) is 0 Å². The third-order valence-corrected chi connectivity index (χ3v) is 3.88. The van der Waals surface area contributed by atoms with Crippen molar-refractivity contribution in [3.8, 4) is 0 Å². The van der Waals surface area contributed by atoms with Crippen LogP contribution in [0.15, 0.2) is 28.7 Å². The van der Waals surface area contributed by atoms with Crippen LogP contribution in [0, 0.1) is 5.92 Å². The van der Waals surface area contributed by atoms with Crippen LogP contribution in [0.1, 0.15) is 25.8 Å². The van der Waals surface area contributed by atoms with Gasteiger partial charge >= 0.3 is 0 Å². The average Bonchev–Trinajstić information content (AvgIpc) is 2.28.